The number of hydrogen-bond donors (Lipinski definition) is 0. The van der Waals surface area contributed by atoms with E-state index in [9.17, 15) is 13.2 Å². The lowest BCUT2D eigenvalue weighted by Crippen LogP contribution is -1.96. The van der Waals surface area contributed by atoms with Crippen LogP contribution in [0.5, 0.6) is 0 Å². The van der Waals surface area contributed by atoms with Gasteiger partial charge in [-0.2, -0.15) is 13.9 Å². The van der Waals surface area contributed by atoms with Crippen LogP contribution in [-0.2, 0) is 0 Å². The average molecular weight is 272 g/mol. The number of nitrogens with zero attached hydrogens (tertiary/aromatic N) is 3. The van der Waals surface area contributed by atoms with Gasteiger partial charge in [0.15, 0.2) is 0 Å². The summed E-state index contributed by atoms with van der Waals surface area (Å²) in [6.07, 6.45) is 3.40. The fourth-order valence-electron chi connectivity index (χ4n) is 1.15. The van der Waals surface area contributed by atoms with E-state index in [1.165, 1.54) is 12.4 Å². The van der Waals surface area contributed by atoms with Crippen LogP contribution in [0.2, 0.25) is 5.15 Å². The summed E-state index contributed by atoms with van der Waals surface area (Å²) in [5.74, 6) is 4.35. The van der Waals surface area contributed by atoms with Gasteiger partial charge in [0.2, 0.25) is 0 Å². The quantitative estimate of drug-likeness (QED) is 0.590. The molecule has 2 aromatic rings. The van der Waals surface area contributed by atoms with Gasteiger partial charge < -0.3 is 0 Å². The van der Waals surface area contributed by atoms with Gasteiger partial charge in [-0.25, -0.2) is 14.1 Å². The van der Waals surface area contributed by atoms with Crippen molar-refractivity contribution in [2.45, 2.75) is 6.55 Å². The van der Waals surface area contributed by atoms with Crippen molar-refractivity contribution < 1.29 is 13.2 Å². The molecule has 0 aromatic carbocycles. The molecule has 2 rings (SSSR count). The molecular formula is C11H5ClF3N3. The third kappa shape index (κ3) is 2.81. The molecule has 0 fully saturated rings. The second-order valence-corrected chi connectivity index (χ2v) is 3.61. The lowest BCUT2D eigenvalue weighted by molar-refractivity contribution is 0.0566. The van der Waals surface area contributed by atoms with E-state index in [2.05, 4.69) is 21.9 Å². The first-order valence-corrected chi connectivity index (χ1v) is 5.09. The molecule has 92 valence electrons. The number of halogens is 4. The normalized spacial score (nSPS) is 10.3. The molecule has 3 nitrogen and oxygen atoms in total. The lowest BCUT2D eigenvalue weighted by Gasteiger charge is -1.94. The van der Waals surface area contributed by atoms with Crippen LogP contribution in [0.1, 0.15) is 17.7 Å². The Hall–Kier alpha value is -2.00. The number of hydrogen-bond acceptors (Lipinski definition) is 2. The van der Waals surface area contributed by atoms with Gasteiger partial charge in [-0.15, -0.1) is 0 Å². The van der Waals surface area contributed by atoms with Crippen LogP contribution in [0.15, 0.2) is 24.7 Å². The third-order valence-corrected chi connectivity index (χ3v) is 2.17. The van der Waals surface area contributed by atoms with E-state index in [0.717, 1.165) is 12.3 Å². The van der Waals surface area contributed by atoms with E-state index in [1.807, 2.05) is 0 Å². The summed E-state index contributed by atoms with van der Waals surface area (Å²) in [5, 5.41) is 3.42. The maximum atomic E-state index is 13.3. The fourth-order valence-corrected chi connectivity index (χ4v) is 1.29. The number of alkyl halides is 2. The first-order chi connectivity index (χ1) is 8.56. The van der Waals surface area contributed by atoms with Gasteiger partial charge in [0.25, 0.3) is 0 Å². The summed E-state index contributed by atoms with van der Waals surface area (Å²) in [6, 6.07) is 1.02. The summed E-state index contributed by atoms with van der Waals surface area (Å²) in [7, 11) is 0. The highest BCUT2D eigenvalue weighted by Gasteiger charge is 2.06. The Morgan fingerprint density at radius 1 is 1.28 bits per heavy atom. The van der Waals surface area contributed by atoms with Gasteiger partial charge in [0.05, 0.1) is 17.3 Å². The topological polar surface area (TPSA) is 30.7 Å². The van der Waals surface area contributed by atoms with Crippen LogP contribution < -0.4 is 0 Å². The zero-order valence-corrected chi connectivity index (χ0v) is 9.50. The van der Waals surface area contributed by atoms with Crippen LogP contribution in [0, 0.1) is 17.7 Å². The first-order valence-electron chi connectivity index (χ1n) is 4.71. The fraction of sp³-hybridized carbons (Fsp3) is 0.0909. The molecule has 0 amide bonds. The van der Waals surface area contributed by atoms with Crippen molar-refractivity contribution >= 4 is 11.6 Å². The zero-order chi connectivity index (χ0) is 13.1. The molecule has 2 heterocycles. The summed E-state index contributed by atoms with van der Waals surface area (Å²) < 4.78 is 38.2. The molecule has 0 spiro atoms. The summed E-state index contributed by atoms with van der Waals surface area (Å²) in [4.78, 5) is 3.67. The lowest BCUT2D eigenvalue weighted by atomic mass is 10.2. The molecule has 0 aliphatic heterocycles. The van der Waals surface area contributed by atoms with Crippen molar-refractivity contribution in [3.8, 4) is 11.8 Å². The van der Waals surface area contributed by atoms with Crippen molar-refractivity contribution in [1.82, 2.24) is 14.8 Å². The second kappa shape index (κ2) is 5.10. The van der Waals surface area contributed by atoms with Crippen LogP contribution in [0.3, 0.4) is 0 Å². The molecule has 0 N–H and O–H groups in total. The SMILES string of the molecule is Fc1cc(Cl)ncc1C#Cc1cnn(C(F)F)c1. The number of pyridine rings is 1. The van der Waals surface area contributed by atoms with Crippen molar-refractivity contribution in [3.63, 3.8) is 0 Å². The van der Waals surface area contributed by atoms with Gasteiger partial charge in [-0.05, 0) is 0 Å². The summed E-state index contributed by atoms with van der Waals surface area (Å²) in [6.45, 7) is -2.73. The van der Waals surface area contributed by atoms with E-state index in [4.69, 9.17) is 11.6 Å². The van der Waals surface area contributed by atoms with Crippen molar-refractivity contribution in [3.05, 3.63) is 46.8 Å². The maximum absolute atomic E-state index is 13.3. The molecule has 0 atom stereocenters. The van der Waals surface area contributed by atoms with Gasteiger partial charge in [-0.3, -0.25) is 0 Å². The number of rotatable bonds is 1. The molecule has 0 saturated heterocycles. The van der Waals surface area contributed by atoms with E-state index in [-0.39, 0.29) is 16.3 Å². The first kappa shape index (κ1) is 12.5. The zero-order valence-electron chi connectivity index (χ0n) is 8.74. The van der Waals surface area contributed by atoms with Crippen LogP contribution >= 0.6 is 11.6 Å². The Morgan fingerprint density at radius 2 is 2.06 bits per heavy atom. The second-order valence-electron chi connectivity index (χ2n) is 3.22. The molecule has 0 radical (unpaired) electrons. The van der Waals surface area contributed by atoms with Gasteiger partial charge in [0, 0.05) is 18.5 Å². The highest BCUT2D eigenvalue weighted by molar-refractivity contribution is 6.29. The standard InChI is InChI=1S/C11H5ClF3N3/c12-10-3-9(13)8(5-16-10)2-1-7-4-17-18(6-7)11(14)15/h3-6,11H. The number of aromatic nitrogens is 3. The molecule has 7 heteroatoms. The Kier molecular flexibility index (Phi) is 3.53. The minimum atomic E-state index is -2.73. The van der Waals surface area contributed by atoms with Gasteiger partial charge in [-0.1, -0.05) is 23.4 Å². The Balaban J connectivity index is 2.25. The third-order valence-electron chi connectivity index (χ3n) is 1.96. The predicted octanol–water partition coefficient (Wildman–Crippen LogP) is 2.87. The largest absolute Gasteiger partial charge is 0.333 e. The van der Waals surface area contributed by atoms with Gasteiger partial charge in [0.1, 0.15) is 11.0 Å². The summed E-state index contributed by atoms with van der Waals surface area (Å²) in [5.41, 5.74) is 0.286. The minimum absolute atomic E-state index is 0.0172. The molecular weight excluding hydrogens is 267 g/mol. The molecule has 0 aliphatic rings. The Bertz CT molecular complexity index is 628. The van der Waals surface area contributed by atoms with Crippen LogP contribution in [0.25, 0.3) is 0 Å². The maximum Gasteiger partial charge on any atom is 0.333 e. The van der Waals surface area contributed by atoms with Crippen LogP contribution in [-0.4, -0.2) is 14.8 Å². The van der Waals surface area contributed by atoms with Gasteiger partial charge >= 0.3 is 6.55 Å². The van der Waals surface area contributed by atoms with E-state index < -0.39 is 12.4 Å². The molecule has 0 saturated carbocycles. The monoisotopic (exact) mass is 271 g/mol. The predicted molar refractivity (Wildman–Crippen MR) is 58.7 cm³/mol. The minimum Gasteiger partial charge on any atom is -0.243 e. The highest BCUT2D eigenvalue weighted by atomic mass is 35.5. The van der Waals surface area contributed by atoms with Crippen molar-refractivity contribution in [2.75, 3.05) is 0 Å². The van der Waals surface area contributed by atoms with E-state index >= 15 is 0 Å². The van der Waals surface area contributed by atoms with Crippen molar-refractivity contribution in [1.29, 1.82) is 0 Å². The average Bonchev–Trinajstić information content (AvgIpc) is 2.76. The van der Waals surface area contributed by atoms with Crippen LogP contribution in [0.4, 0.5) is 13.2 Å². The van der Waals surface area contributed by atoms with E-state index in [0.29, 0.717) is 4.68 Å². The Labute approximate surface area is 105 Å². The highest BCUT2D eigenvalue weighted by Crippen LogP contribution is 2.11. The Morgan fingerprint density at radius 3 is 2.67 bits per heavy atom. The molecule has 18 heavy (non-hydrogen) atoms. The van der Waals surface area contributed by atoms with E-state index in [1.54, 1.807) is 0 Å². The van der Waals surface area contributed by atoms with Crippen molar-refractivity contribution in [2.24, 2.45) is 0 Å². The molecule has 0 bridgehead atoms. The molecule has 0 aliphatic carbocycles. The molecule has 2 aromatic heterocycles. The smallest absolute Gasteiger partial charge is 0.243 e. The molecule has 0 unspecified atom stereocenters. The summed E-state index contributed by atoms with van der Waals surface area (Å²) >= 11 is 5.48.